The van der Waals surface area contributed by atoms with Crippen LogP contribution in [-0.4, -0.2) is 41.2 Å². The highest BCUT2D eigenvalue weighted by molar-refractivity contribution is 5.91. The highest BCUT2D eigenvalue weighted by atomic mass is 16.5. The summed E-state index contributed by atoms with van der Waals surface area (Å²) >= 11 is 0. The monoisotopic (exact) mass is 380 g/mol. The minimum absolute atomic E-state index is 0.153. The molecule has 0 radical (unpaired) electrons. The van der Waals surface area contributed by atoms with E-state index in [2.05, 4.69) is 6.92 Å². The normalized spacial score (nSPS) is 12.3. The summed E-state index contributed by atoms with van der Waals surface area (Å²) in [6.07, 6.45) is 5.41. The lowest BCUT2D eigenvalue weighted by molar-refractivity contribution is 0.0540. The molecule has 2 aromatic rings. The Bertz CT molecular complexity index is 769. The first kappa shape index (κ1) is 21.1. The summed E-state index contributed by atoms with van der Waals surface area (Å²) in [7, 11) is 0. The lowest BCUT2D eigenvalue weighted by Gasteiger charge is -2.13. The van der Waals surface area contributed by atoms with Gasteiger partial charge >= 0.3 is 5.63 Å². The summed E-state index contributed by atoms with van der Waals surface area (Å²) in [4.78, 5) is 12.1. The van der Waals surface area contributed by atoms with E-state index in [1.54, 1.807) is 12.1 Å². The molecule has 0 fully saturated rings. The quantitative estimate of drug-likeness (QED) is 0.384. The first-order valence-corrected chi connectivity index (χ1v) is 9.41. The summed E-state index contributed by atoms with van der Waals surface area (Å²) in [6, 6.07) is 4.70. The van der Waals surface area contributed by atoms with Crippen LogP contribution in [0.5, 0.6) is 17.2 Å². The highest BCUT2D eigenvalue weighted by Crippen LogP contribution is 2.37. The molecule has 0 aliphatic heterocycles. The second-order valence-corrected chi connectivity index (χ2v) is 6.46. The number of benzene rings is 1. The molecule has 0 aliphatic rings. The van der Waals surface area contributed by atoms with Gasteiger partial charge in [-0.25, -0.2) is 4.79 Å². The number of aliphatic hydroxyl groups excluding tert-OH is 2. The van der Waals surface area contributed by atoms with E-state index in [1.165, 1.54) is 25.3 Å². The average molecular weight is 380 g/mol. The van der Waals surface area contributed by atoms with Crippen molar-refractivity contribution in [3.8, 4) is 17.2 Å². The molecule has 0 aliphatic carbocycles. The van der Waals surface area contributed by atoms with Gasteiger partial charge in [-0.3, -0.25) is 0 Å². The van der Waals surface area contributed by atoms with Crippen molar-refractivity contribution in [1.29, 1.82) is 0 Å². The Balaban J connectivity index is 2.11. The van der Waals surface area contributed by atoms with Crippen molar-refractivity contribution < 1.29 is 29.2 Å². The van der Waals surface area contributed by atoms with E-state index in [1.807, 2.05) is 0 Å². The Labute approximate surface area is 158 Å². The Morgan fingerprint density at radius 3 is 2.59 bits per heavy atom. The van der Waals surface area contributed by atoms with Gasteiger partial charge in [-0.05, 0) is 18.6 Å². The van der Waals surface area contributed by atoms with Crippen LogP contribution in [-0.2, 0) is 0 Å². The van der Waals surface area contributed by atoms with E-state index in [0.29, 0.717) is 6.61 Å². The predicted molar refractivity (Wildman–Crippen MR) is 102 cm³/mol. The third kappa shape index (κ3) is 5.87. The largest absolute Gasteiger partial charge is 0.503 e. The van der Waals surface area contributed by atoms with Crippen molar-refractivity contribution in [3.63, 3.8) is 0 Å². The number of aromatic hydroxyl groups is 1. The van der Waals surface area contributed by atoms with Crippen LogP contribution in [0.4, 0.5) is 0 Å². The van der Waals surface area contributed by atoms with Crippen LogP contribution in [0.1, 0.15) is 45.4 Å². The van der Waals surface area contributed by atoms with E-state index < -0.39 is 18.3 Å². The zero-order chi connectivity index (χ0) is 19.6. The minimum Gasteiger partial charge on any atom is -0.503 e. The zero-order valence-electron chi connectivity index (χ0n) is 15.6. The van der Waals surface area contributed by atoms with Crippen LogP contribution in [0.3, 0.4) is 0 Å². The fraction of sp³-hybridized carbons (Fsp3) is 0.550. The summed E-state index contributed by atoms with van der Waals surface area (Å²) in [6.45, 7) is 1.86. The van der Waals surface area contributed by atoms with Crippen LogP contribution in [0.25, 0.3) is 11.0 Å². The van der Waals surface area contributed by atoms with E-state index in [-0.39, 0.29) is 34.8 Å². The fourth-order valence-electron chi connectivity index (χ4n) is 2.73. The number of aliphatic hydroxyl groups is 2. The number of fused-ring (bicyclic) bond motifs is 1. The number of ether oxygens (including phenoxy) is 2. The van der Waals surface area contributed by atoms with E-state index >= 15 is 0 Å². The molecule has 1 unspecified atom stereocenters. The highest BCUT2D eigenvalue weighted by Gasteiger charge is 2.19. The molecule has 1 aromatic carbocycles. The van der Waals surface area contributed by atoms with Crippen molar-refractivity contribution in [2.75, 3.05) is 19.8 Å². The molecular formula is C20H28O7. The van der Waals surface area contributed by atoms with Crippen LogP contribution in [0.15, 0.2) is 27.4 Å². The Morgan fingerprint density at radius 2 is 1.85 bits per heavy atom. The van der Waals surface area contributed by atoms with E-state index in [9.17, 15) is 15.0 Å². The molecular weight excluding hydrogens is 352 g/mol. The lowest BCUT2D eigenvalue weighted by atomic mass is 10.1. The van der Waals surface area contributed by atoms with Gasteiger partial charge in [0, 0.05) is 0 Å². The molecule has 1 aromatic heterocycles. The Morgan fingerprint density at radius 1 is 1.11 bits per heavy atom. The van der Waals surface area contributed by atoms with Gasteiger partial charge in [0.05, 0.1) is 13.2 Å². The fourth-order valence-corrected chi connectivity index (χ4v) is 2.73. The SMILES string of the molecule is CCCCCCCCOc1c(O)c2c(OCC(O)CO)cccc2oc1=O. The summed E-state index contributed by atoms with van der Waals surface area (Å²) in [5.74, 6) is -0.359. The molecule has 7 heteroatoms. The first-order chi connectivity index (χ1) is 13.1. The van der Waals surface area contributed by atoms with Crippen LogP contribution < -0.4 is 15.1 Å². The Hall–Kier alpha value is -2.25. The molecule has 1 heterocycles. The van der Waals surface area contributed by atoms with Gasteiger partial charge in [0.2, 0.25) is 5.75 Å². The van der Waals surface area contributed by atoms with Gasteiger partial charge in [-0.1, -0.05) is 45.1 Å². The molecule has 27 heavy (non-hydrogen) atoms. The van der Waals surface area contributed by atoms with Crippen molar-refractivity contribution in [2.45, 2.75) is 51.6 Å². The third-order valence-electron chi connectivity index (χ3n) is 4.21. The summed E-state index contributed by atoms with van der Waals surface area (Å²) in [5.41, 5.74) is -0.598. The maximum atomic E-state index is 12.1. The second-order valence-electron chi connectivity index (χ2n) is 6.46. The molecule has 2 rings (SSSR count). The number of unbranched alkanes of at least 4 members (excludes halogenated alkanes) is 5. The predicted octanol–water partition coefficient (Wildman–Crippen LogP) is 2.97. The molecule has 0 saturated heterocycles. The minimum atomic E-state index is -1.05. The standard InChI is InChI=1S/C20H28O7/c1-2-3-4-5-6-7-11-25-19-18(23)17-15(26-13-14(22)12-21)9-8-10-16(17)27-20(19)24/h8-10,14,21-23H,2-7,11-13H2,1H3. The molecule has 150 valence electrons. The number of hydrogen-bond acceptors (Lipinski definition) is 7. The molecule has 0 spiro atoms. The topological polar surface area (TPSA) is 109 Å². The molecule has 3 N–H and O–H groups in total. The molecule has 0 amide bonds. The van der Waals surface area contributed by atoms with Gasteiger partial charge in [-0.2, -0.15) is 0 Å². The van der Waals surface area contributed by atoms with Crippen LogP contribution >= 0.6 is 0 Å². The summed E-state index contributed by atoms with van der Waals surface area (Å²) < 4.78 is 16.1. The Kier molecular flexibility index (Phi) is 8.42. The van der Waals surface area contributed by atoms with Crippen LogP contribution in [0.2, 0.25) is 0 Å². The van der Waals surface area contributed by atoms with Crippen LogP contribution in [0, 0.1) is 0 Å². The van der Waals surface area contributed by atoms with Gasteiger partial charge in [-0.15, -0.1) is 0 Å². The van der Waals surface area contributed by atoms with Crippen molar-refractivity contribution in [1.82, 2.24) is 0 Å². The van der Waals surface area contributed by atoms with Crippen molar-refractivity contribution >= 4 is 11.0 Å². The van der Waals surface area contributed by atoms with Crippen molar-refractivity contribution in [3.05, 3.63) is 28.6 Å². The zero-order valence-corrected chi connectivity index (χ0v) is 15.6. The molecule has 7 nitrogen and oxygen atoms in total. The smallest absolute Gasteiger partial charge is 0.383 e. The van der Waals surface area contributed by atoms with Gasteiger partial charge in [0.1, 0.15) is 29.4 Å². The van der Waals surface area contributed by atoms with E-state index in [0.717, 1.165) is 19.3 Å². The van der Waals surface area contributed by atoms with E-state index in [4.69, 9.17) is 19.0 Å². The van der Waals surface area contributed by atoms with Crippen molar-refractivity contribution in [2.24, 2.45) is 0 Å². The average Bonchev–Trinajstić information content (AvgIpc) is 2.67. The first-order valence-electron chi connectivity index (χ1n) is 9.41. The van der Waals surface area contributed by atoms with Gasteiger partial charge < -0.3 is 29.2 Å². The molecule has 0 bridgehead atoms. The third-order valence-corrected chi connectivity index (χ3v) is 4.21. The lowest BCUT2D eigenvalue weighted by Crippen LogP contribution is -2.21. The molecule has 0 saturated carbocycles. The maximum Gasteiger partial charge on any atom is 0.383 e. The number of rotatable bonds is 12. The maximum absolute atomic E-state index is 12.1. The number of hydrogen-bond donors (Lipinski definition) is 3. The molecule has 1 atom stereocenters. The summed E-state index contributed by atoms with van der Waals surface area (Å²) in [5, 5.41) is 29.1. The second kappa shape index (κ2) is 10.8. The van der Waals surface area contributed by atoms with Gasteiger partial charge in [0.15, 0.2) is 5.75 Å². The van der Waals surface area contributed by atoms with Gasteiger partial charge in [0.25, 0.3) is 0 Å².